The maximum atomic E-state index is 7.14. The molecule has 0 saturated carbocycles. The van der Waals surface area contributed by atoms with Crippen molar-refractivity contribution in [2.75, 3.05) is 0 Å². The maximum absolute atomic E-state index is 7.14. The molecule has 0 aromatic rings. The van der Waals surface area contributed by atoms with E-state index >= 15 is 0 Å². The van der Waals surface area contributed by atoms with Crippen molar-refractivity contribution in [3.63, 3.8) is 0 Å². The van der Waals surface area contributed by atoms with Crippen LogP contribution in [0.2, 0.25) is 0 Å². The van der Waals surface area contributed by atoms with Gasteiger partial charge in [0.25, 0.3) is 0 Å². The maximum Gasteiger partial charge on any atom is 0.0231 e. The topological polar surface area (TPSA) is 0 Å². The third kappa shape index (κ3) is 2.88. The van der Waals surface area contributed by atoms with Crippen LogP contribution < -0.4 is 0 Å². The number of rotatable bonds is 4. The lowest BCUT2D eigenvalue weighted by Crippen LogP contribution is -2.12. The average molecular weight is 129 g/mol. The second-order valence-electron chi connectivity index (χ2n) is 3.16. The summed E-state index contributed by atoms with van der Waals surface area (Å²) in [6.07, 6.45) is 4.82. The molecule has 1 atom stereocenters. The van der Waals surface area contributed by atoms with Gasteiger partial charge >= 0.3 is 0 Å². The summed E-state index contributed by atoms with van der Waals surface area (Å²) in [6.45, 7) is 7.33. The van der Waals surface area contributed by atoms with Crippen molar-refractivity contribution in [1.29, 1.82) is 0 Å². The van der Waals surface area contributed by atoms with E-state index in [2.05, 4.69) is 20.8 Å². The Hall–Kier alpha value is 0. The molecule has 0 bridgehead atoms. The lowest BCUT2D eigenvalue weighted by atomic mass is 9.81. The summed E-state index contributed by atoms with van der Waals surface area (Å²) < 4.78 is 7.14. The normalized spacial score (nSPS) is 18.8. The van der Waals surface area contributed by atoms with Crippen LogP contribution in [0.15, 0.2) is 0 Å². The van der Waals surface area contributed by atoms with Gasteiger partial charge in [0, 0.05) is 1.37 Å². The highest BCUT2D eigenvalue weighted by molar-refractivity contribution is 4.69. The minimum atomic E-state index is 0.455. The van der Waals surface area contributed by atoms with E-state index in [1.54, 1.807) is 0 Å². The van der Waals surface area contributed by atoms with Gasteiger partial charge in [-0.2, -0.15) is 0 Å². The van der Waals surface area contributed by atoms with Gasteiger partial charge in [0.15, 0.2) is 0 Å². The van der Waals surface area contributed by atoms with E-state index in [0.717, 1.165) is 6.42 Å². The lowest BCUT2D eigenvalue weighted by Gasteiger charge is -2.25. The Bertz CT molecular complexity index is 72.8. The van der Waals surface area contributed by atoms with Crippen molar-refractivity contribution in [1.82, 2.24) is 0 Å². The predicted molar refractivity (Wildman–Crippen MR) is 43.6 cm³/mol. The van der Waals surface area contributed by atoms with E-state index in [4.69, 9.17) is 1.37 Å². The van der Waals surface area contributed by atoms with Gasteiger partial charge in [0.2, 0.25) is 0 Å². The Morgan fingerprint density at radius 1 is 1.33 bits per heavy atom. The van der Waals surface area contributed by atoms with Crippen LogP contribution in [-0.2, 0) is 0 Å². The minimum Gasteiger partial charge on any atom is -0.0654 e. The van der Waals surface area contributed by atoms with E-state index < -0.39 is 0 Å². The van der Waals surface area contributed by atoms with Gasteiger partial charge in [-0.15, -0.1) is 0 Å². The molecule has 0 N–H and O–H groups in total. The number of hydrogen-bond donors (Lipinski definition) is 0. The monoisotopic (exact) mass is 129 g/mol. The first-order chi connectivity index (χ1) is 4.68. The van der Waals surface area contributed by atoms with Crippen molar-refractivity contribution in [2.45, 2.75) is 53.4 Å². The van der Waals surface area contributed by atoms with E-state index in [1.165, 1.54) is 19.3 Å². The van der Waals surface area contributed by atoms with Crippen LogP contribution >= 0.6 is 0 Å². The zero-order valence-corrected chi connectivity index (χ0v) is 7.04. The number of hydrogen-bond acceptors (Lipinski definition) is 0. The Labute approximate surface area is 61.1 Å². The fourth-order valence-corrected chi connectivity index (χ4v) is 1.08. The molecule has 0 aliphatic carbocycles. The van der Waals surface area contributed by atoms with Gasteiger partial charge < -0.3 is 0 Å². The highest BCUT2D eigenvalue weighted by Gasteiger charge is 2.16. The molecule has 0 heterocycles. The van der Waals surface area contributed by atoms with Crippen molar-refractivity contribution in [3.05, 3.63) is 0 Å². The molecule has 0 saturated heterocycles. The molecule has 0 aliphatic heterocycles. The van der Waals surface area contributed by atoms with Crippen LogP contribution in [-0.4, -0.2) is 0 Å². The third-order valence-electron chi connectivity index (χ3n) is 2.31. The summed E-state index contributed by atoms with van der Waals surface area (Å²) in [4.78, 5) is 0. The quantitative estimate of drug-likeness (QED) is 0.544. The molecule has 0 radical (unpaired) electrons. The molecule has 0 fully saturated rings. The molecular formula is C9H20. The van der Waals surface area contributed by atoms with E-state index in [-0.39, 0.29) is 0 Å². The molecule has 0 rings (SSSR count). The zero-order chi connectivity index (χ0) is 8.04. The van der Waals surface area contributed by atoms with Gasteiger partial charge in [-0.3, -0.25) is 0 Å². The van der Waals surface area contributed by atoms with Gasteiger partial charge in [-0.25, -0.2) is 0 Å². The van der Waals surface area contributed by atoms with Crippen molar-refractivity contribution in [3.8, 4) is 0 Å². The van der Waals surface area contributed by atoms with Crippen molar-refractivity contribution < 1.29 is 1.37 Å². The SMILES string of the molecule is [2H]CCC(C)(CC)CCC. The highest BCUT2D eigenvalue weighted by Crippen LogP contribution is 2.30. The Morgan fingerprint density at radius 3 is 2.33 bits per heavy atom. The van der Waals surface area contributed by atoms with E-state index in [0.29, 0.717) is 12.3 Å². The van der Waals surface area contributed by atoms with Crippen LogP contribution in [0.25, 0.3) is 0 Å². The van der Waals surface area contributed by atoms with Crippen molar-refractivity contribution in [2.24, 2.45) is 5.41 Å². The molecule has 0 aromatic carbocycles. The summed E-state index contributed by atoms with van der Waals surface area (Å²) >= 11 is 0. The van der Waals surface area contributed by atoms with E-state index in [9.17, 15) is 0 Å². The van der Waals surface area contributed by atoms with E-state index in [1.807, 2.05) is 0 Å². The first kappa shape index (κ1) is 7.11. The second kappa shape index (κ2) is 3.92. The Kier molecular flexibility index (Phi) is 3.10. The second-order valence-corrected chi connectivity index (χ2v) is 3.16. The van der Waals surface area contributed by atoms with Gasteiger partial charge in [-0.05, 0) is 11.8 Å². The summed E-state index contributed by atoms with van der Waals surface area (Å²) in [5.41, 5.74) is 0.455. The summed E-state index contributed by atoms with van der Waals surface area (Å²) in [5.74, 6) is 0. The lowest BCUT2D eigenvalue weighted by molar-refractivity contribution is 0.270. The molecule has 0 aliphatic rings. The molecular weight excluding hydrogens is 108 g/mol. The standard InChI is InChI=1S/C9H20/c1-5-8-9(4,6-2)7-3/h5-8H2,1-4H3/i2D. The fourth-order valence-electron chi connectivity index (χ4n) is 1.08. The first-order valence-corrected chi connectivity index (χ1v) is 3.97. The molecule has 0 spiro atoms. The fraction of sp³-hybridized carbons (Fsp3) is 1.00. The van der Waals surface area contributed by atoms with Crippen molar-refractivity contribution >= 4 is 0 Å². The molecule has 56 valence electrons. The Balaban J connectivity index is 3.69. The van der Waals surface area contributed by atoms with Gasteiger partial charge in [-0.1, -0.05) is 46.9 Å². The molecule has 0 aromatic heterocycles. The molecule has 0 heteroatoms. The molecule has 9 heavy (non-hydrogen) atoms. The van der Waals surface area contributed by atoms with Gasteiger partial charge in [0.1, 0.15) is 0 Å². The molecule has 0 nitrogen and oxygen atoms in total. The smallest absolute Gasteiger partial charge is 0.0231 e. The molecule has 0 amide bonds. The zero-order valence-electron chi connectivity index (χ0n) is 8.04. The first-order valence-electron chi connectivity index (χ1n) is 4.68. The van der Waals surface area contributed by atoms with Gasteiger partial charge in [0.05, 0.1) is 0 Å². The average Bonchev–Trinajstić information content (AvgIpc) is 1.89. The van der Waals surface area contributed by atoms with Crippen LogP contribution in [0.5, 0.6) is 0 Å². The van der Waals surface area contributed by atoms with Crippen LogP contribution in [0.3, 0.4) is 0 Å². The predicted octanol–water partition coefficient (Wildman–Crippen LogP) is 3.61. The summed E-state index contributed by atoms with van der Waals surface area (Å²) in [6, 6.07) is 0. The highest BCUT2D eigenvalue weighted by atomic mass is 14.2. The summed E-state index contributed by atoms with van der Waals surface area (Å²) in [5, 5.41) is 0. The largest absolute Gasteiger partial charge is 0.0654 e. The van der Waals surface area contributed by atoms with Crippen LogP contribution in [0, 0.1) is 5.41 Å². The molecule has 1 unspecified atom stereocenters. The Morgan fingerprint density at radius 2 is 2.00 bits per heavy atom. The van der Waals surface area contributed by atoms with Crippen LogP contribution in [0.4, 0.5) is 0 Å². The minimum absolute atomic E-state index is 0.455. The van der Waals surface area contributed by atoms with Crippen LogP contribution in [0.1, 0.15) is 54.7 Å². The third-order valence-corrected chi connectivity index (χ3v) is 2.31. The summed E-state index contributed by atoms with van der Waals surface area (Å²) in [7, 11) is 0.